The normalized spacial score (nSPS) is 14.8. The van der Waals surface area contributed by atoms with Gasteiger partial charge in [0, 0.05) is 35.4 Å². The smallest absolute Gasteiger partial charge is 0.141 e. The van der Waals surface area contributed by atoms with Gasteiger partial charge in [-0.3, -0.25) is 4.98 Å². The molecule has 0 saturated carbocycles. The van der Waals surface area contributed by atoms with Crippen molar-refractivity contribution in [3.05, 3.63) is 105 Å². The van der Waals surface area contributed by atoms with Gasteiger partial charge in [-0.05, 0) is 67.4 Å². The second kappa shape index (κ2) is 12.7. The second-order valence-electron chi connectivity index (χ2n) is 10.7. The monoisotopic (exact) mass is 632 g/mol. The van der Waals surface area contributed by atoms with Gasteiger partial charge in [-0.2, -0.15) is 5.26 Å². The minimum atomic E-state index is -0.554. The summed E-state index contributed by atoms with van der Waals surface area (Å²) in [7, 11) is 0. The molecule has 1 saturated heterocycles. The van der Waals surface area contributed by atoms with Gasteiger partial charge in [0.2, 0.25) is 0 Å². The number of hydrogen-bond acceptors (Lipinski definition) is 7. The Labute approximate surface area is 263 Å². The van der Waals surface area contributed by atoms with Crippen LogP contribution in [0.5, 0.6) is 0 Å². The highest BCUT2D eigenvalue weighted by Crippen LogP contribution is 2.38. The van der Waals surface area contributed by atoms with Crippen LogP contribution in [-0.2, 0) is 0 Å². The van der Waals surface area contributed by atoms with Crippen LogP contribution in [0.1, 0.15) is 48.7 Å². The first kappa shape index (κ1) is 29.8. The first-order valence-corrected chi connectivity index (χ1v) is 15.0. The maximum atomic E-state index is 13.9. The number of nitrogens with zero attached hydrogens (tertiary/aromatic N) is 6. The van der Waals surface area contributed by atoms with Gasteiger partial charge in [-0.15, -0.1) is 5.10 Å². The molecule has 0 radical (unpaired) electrons. The molecule has 1 aliphatic heterocycles. The first-order chi connectivity index (χ1) is 21.3. The standard InChI is InChI=1S/C32H28Cl2F2N8/c1-2-43-11-9-24(10-12-43)44-18-29(41-42-44)31(19-3-5-22(35)6-4-19)40-28-14-21(33)13-25-30(20(16-37)17-38-32(25)28)39-23-7-8-27(36)26(34)15-23/h3-8,13-15,17-18,24,31,40H,2,9-12H2,1H3,(H,38,39). The van der Waals surface area contributed by atoms with Crippen LogP contribution in [0.15, 0.2) is 67.0 Å². The maximum Gasteiger partial charge on any atom is 0.141 e. The van der Waals surface area contributed by atoms with Gasteiger partial charge in [-0.1, -0.05) is 47.5 Å². The predicted molar refractivity (Wildman–Crippen MR) is 168 cm³/mol. The van der Waals surface area contributed by atoms with Gasteiger partial charge in [0.05, 0.1) is 45.8 Å². The van der Waals surface area contributed by atoms with Crippen LogP contribution in [0.25, 0.3) is 10.9 Å². The van der Waals surface area contributed by atoms with Crippen LogP contribution in [0.2, 0.25) is 10.0 Å². The third-order valence-corrected chi connectivity index (χ3v) is 8.46. The van der Waals surface area contributed by atoms with E-state index < -0.39 is 11.9 Å². The summed E-state index contributed by atoms with van der Waals surface area (Å²) in [4.78, 5) is 7.02. The number of rotatable bonds is 8. The Balaban J connectivity index is 1.40. The summed E-state index contributed by atoms with van der Waals surface area (Å²) in [6.45, 7) is 5.20. The van der Waals surface area contributed by atoms with Crippen molar-refractivity contribution >= 4 is 51.2 Å². The maximum absolute atomic E-state index is 13.9. The van der Waals surface area contributed by atoms with E-state index in [1.807, 2.05) is 10.9 Å². The highest BCUT2D eigenvalue weighted by atomic mass is 35.5. The van der Waals surface area contributed by atoms with Crippen molar-refractivity contribution in [1.82, 2.24) is 24.9 Å². The average Bonchev–Trinajstić information content (AvgIpc) is 3.52. The summed E-state index contributed by atoms with van der Waals surface area (Å²) in [5.74, 6) is -0.906. The van der Waals surface area contributed by atoms with Crippen molar-refractivity contribution in [2.24, 2.45) is 0 Å². The van der Waals surface area contributed by atoms with Crippen LogP contribution < -0.4 is 10.6 Å². The van der Waals surface area contributed by atoms with Crippen LogP contribution in [0.4, 0.5) is 25.8 Å². The van der Waals surface area contributed by atoms with Crippen molar-refractivity contribution in [3.8, 4) is 6.07 Å². The zero-order chi connectivity index (χ0) is 30.8. The molecule has 2 N–H and O–H groups in total. The molecule has 2 aromatic heterocycles. The molecule has 1 fully saturated rings. The molecule has 3 aromatic carbocycles. The summed E-state index contributed by atoms with van der Waals surface area (Å²) in [6, 6.07) is 15.7. The van der Waals surface area contributed by atoms with E-state index in [9.17, 15) is 14.0 Å². The fraction of sp³-hybridized carbons (Fsp3) is 0.250. The number of nitriles is 1. The molecule has 0 aliphatic carbocycles. The summed E-state index contributed by atoms with van der Waals surface area (Å²) in [5.41, 5.74) is 3.69. The highest BCUT2D eigenvalue weighted by molar-refractivity contribution is 6.32. The lowest BCUT2D eigenvalue weighted by Gasteiger charge is -2.30. The topological polar surface area (TPSA) is 94.7 Å². The van der Waals surface area contributed by atoms with Crippen LogP contribution in [0.3, 0.4) is 0 Å². The third-order valence-electron chi connectivity index (χ3n) is 7.95. The van der Waals surface area contributed by atoms with Crippen LogP contribution in [0, 0.1) is 23.0 Å². The number of anilines is 3. The number of aromatic nitrogens is 4. The van der Waals surface area contributed by atoms with E-state index in [0.717, 1.165) is 38.0 Å². The third kappa shape index (κ3) is 6.17. The van der Waals surface area contributed by atoms with Gasteiger partial charge in [-0.25, -0.2) is 13.5 Å². The molecular formula is C32H28Cl2F2N8. The Hall–Kier alpha value is -4.30. The second-order valence-corrected chi connectivity index (χ2v) is 11.5. The SMILES string of the molecule is CCN1CCC(n2cc(C(Nc3cc(Cl)cc4c(Nc5ccc(F)c(Cl)c5)c(C#N)cnc34)c3ccc(F)cc3)nn2)CC1. The molecular weight excluding hydrogens is 605 g/mol. The molecule has 224 valence electrons. The van der Waals surface area contributed by atoms with Crippen LogP contribution in [-0.4, -0.2) is 44.5 Å². The molecule has 12 heteroatoms. The number of halogens is 4. The Morgan fingerprint density at radius 1 is 1.07 bits per heavy atom. The Bertz CT molecular complexity index is 1850. The largest absolute Gasteiger partial charge is 0.371 e. The van der Waals surface area contributed by atoms with Gasteiger partial charge >= 0.3 is 0 Å². The number of pyridine rings is 1. The predicted octanol–water partition coefficient (Wildman–Crippen LogP) is 7.88. The van der Waals surface area contributed by atoms with E-state index in [1.165, 1.54) is 36.5 Å². The Kier molecular flexibility index (Phi) is 8.62. The molecule has 0 bridgehead atoms. The lowest BCUT2D eigenvalue weighted by molar-refractivity contribution is 0.186. The molecule has 1 unspecified atom stereocenters. The van der Waals surface area contributed by atoms with Crippen molar-refractivity contribution in [2.75, 3.05) is 30.3 Å². The molecule has 5 aromatic rings. The molecule has 0 spiro atoms. The molecule has 0 amide bonds. The van der Waals surface area contributed by atoms with Crippen molar-refractivity contribution in [2.45, 2.75) is 31.8 Å². The van der Waals surface area contributed by atoms with E-state index in [4.69, 9.17) is 23.2 Å². The summed E-state index contributed by atoms with van der Waals surface area (Å²) in [5, 5.41) is 26.5. The van der Waals surface area contributed by atoms with Gasteiger partial charge in [0.1, 0.15) is 23.4 Å². The molecule has 8 nitrogen and oxygen atoms in total. The lowest BCUT2D eigenvalue weighted by Crippen LogP contribution is -2.34. The zero-order valence-corrected chi connectivity index (χ0v) is 25.2. The molecule has 1 atom stereocenters. The molecule has 44 heavy (non-hydrogen) atoms. The summed E-state index contributed by atoms with van der Waals surface area (Å²) < 4.78 is 29.7. The van der Waals surface area contributed by atoms with E-state index in [-0.39, 0.29) is 22.4 Å². The van der Waals surface area contributed by atoms with Gasteiger partial charge in [0.15, 0.2) is 0 Å². The lowest BCUT2D eigenvalue weighted by atomic mass is 10.0. The molecule has 6 rings (SSSR count). The van der Waals surface area contributed by atoms with E-state index in [0.29, 0.717) is 38.7 Å². The molecule has 3 heterocycles. The number of hydrogen-bond donors (Lipinski definition) is 2. The number of fused-ring (bicyclic) bond motifs is 1. The van der Waals surface area contributed by atoms with Crippen molar-refractivity contribution in [3.63, 3.8) is 0 Å². The number of piperidine rings is 1. The number of benzene rings is 3. The summed E-state index contributed by atoms with van der Waals surface area (Å²) >= 11 is 12.6. The first-order valence-electron chi connectivity index (χ1n) is 14.2. The number of likely N-dealkylation sites (tertiary alicyclic amines) is 1. The van der Waals surface area contributed by atoms with Crippen molar-refractivity contribution < 1.29 is 8.78 Å². The minimum absolute atomic E-state index is 0.0571. The minimum Gasteiger partial charge on any atom is -0.371 e. The Morgan fingerprint density at radius 2 is 1.84 bits per heavy atom. The van der Waals surface area contributed by atoms with E-state index in [1.54, 1.807) is 24.3 Å². The fourth-order valence-electron chi connectivity index (χ4n) is 5.56. The van der Waals surface area contributed by atoms with Crippen LogP contribution >= 0.6 is 23.2 Å². The highest BCUT2D eigenvalue weighted by Gasteiger charge is 2.25. The zero-order valence-electron chi connectivity index (χ0n) is 23.7. The van der Waals surface area contributed by atoms with Crippen molar-refractivity contribution in [1.29, 1.82) is 5.26 Å². The molecule has 1 aliphatic rings. The Morgan fingerprint density at radius 3 is 2.55 bits per heavy atom. The fourth-order valence-corrected chi connectivity index (χ4v) is 5.95. The van der Waals surface area contributed by atoms with Gasteiger partial charge < -0.3 is 15.5 Å². The van der Waals surface area contributed by atoms with E-state index >= 15 is 0 Å². The number of nitrogens with one attached hydrogen (secondary N) is 2. The van der Waals surface area contributed by atoms with Gasteiger partial charge in [0.25, 0.3) is 0 Å². The summed E-state index contributed by atoms with van der Waals surface area (Å²) in [6.07, 6.45) is 5.35. The average molecular weight is 634 g/mol. The quantitative estimate of drug-likeness (QED) is 0.180. The van der Waals surface area contributed by atoms with E-state index in [2.05, 4.69) is 43.8 Å².